The predicted octanol–water partition coefficient (Wildman–Crippen LogP) is 2.90. The highest BCUT2D eigenvalue weighted by molar-refractivity contribution is 9.10. The lowest BCUT2D eigenvalue weighted by Crippen LogP contribution is -2.58. The van der Waals surface area contributed by atoms with Crippen LogP contribution >= 0.6 is 15.9 Å². The third-order valence-electron chi connectivity index (χ3n) is 4.46. The van der Waals surface area contributed by atoms with Gasteiger partial charge in [0.05, 0.1) is 0 Å². The van der Waals surface area contributed by atoms with E-state index >= 15 is 0 Å². The molecule has 1 aromatic rings. The number of pyridine rings is 1. The molecule has 3 nitrogen and oxygen atoms in total. The summed E-state index contributed by atoms with van der Waals surface area (Å²) >= 11 is 3.51. The number of nitrogens with zero attached hydrogens (tertiary/aromatic N) is 3. The maximum Gasteiger partial charge on any atom is 0.0410 e. The van der Waals surface area contributed by atoms with Crippen molar-refractivity contribution in [3.63, 3.8) is 0 Å². The molecule has 0 N–H and O–H groups in total. The molecule has 4 heteroatoms. The molecule has 19 heavy (non-hydrogen) atoms. The maximum atomic E-state index is 4.27. The highest BCUT2D eigenvalue weighted by Gasteiger charge is 2.32. The standard InChI is InChI=1S/C15H22BrN3/c1-12-9-18-5-3-2-4-15(18)11-19(12)10-13-6-14(16)8-17-7-13/h6-8,12,15H,2-5,9-11H2,1H3. The number of hydrogen-bond donors (Lipinski definition) is 0. The zero-order chi connectivity index (χ0) is 13.2. The SMILES string of the molecule is CC1CN2CCCCC2CN1Cc1cncc(Br)c1. The van der Waals surface area contributed by atoms with Crippen molar-refractivity contribution in [1.29, 1.82) is 0 Å². The minimum atomic E-state index is 0.647. The third-order valence-corrected chi connectivity index (χ3v) is 4.90. The second-order valence-corrected chi connectivity index (χ2v) is 6.85. The van der Waals surface area contributed by atoms with Gasteiger partial charge in [-0.1, -0.05) is 6.42 Å². The Kier molecular flexibility index (Phi) is 4.20. The summed E-state index contributed by atoms with van der Waals surface area (Å²) in [6.45, 7) is 7.13. The molecule has 3 rings (SSSR count). The number of hydrogen-bond acceptors (Lipinski definition) is 3. The first-order valence-corrected chi connectivity index (χ1v) is 8.09. The zero-order valence-corrected chi connectivity index (χ0v) is 13.1. The second kappa shape index (κ2) is 5.90. The van der Waals surface area contributed by atoms with Crippen molar-refractivity contribution >= 4 is 15.9 Å². The number of halogens is 1. The van der Waals surface area contributed by atoms with Crippen LogP contribution in [0.3, 0.4) is 0 Å². The van der Waals surface area contributed by atoms with Crippen molar-refractivity contribution in [1.82, 2.24) is 14.8 Å². The number of piperazine rings is 1. The lowest BCUT2D eigenvalue weighted by molar-refractivity contribution is 0.0110. The topological polar surface area (TPSA) is 19.4 Å². The number of fused-ring (bicyclic) bond motifs is 1. The van der Waals surface area contributed by atoms with Crippen LogP contribution in [-0.4, -0.2) is 46.5 Å². The van der Waals surface area contributed by atoms with Crippen LogP contribution in [0.2, 0.25) is 0 Å². The molecule has 2 aliphatic heterocycles. The Balaban J connectivity index is 1.67. The average Bonchev–Trinajstić information content (AvgIpc) is 2.40. The van der Waals surface area contributed by atoms with E-state index in [9.17, 15) is 0 Å². The van der Waals surface area contributed by atoms with Crippen molar-refractivity contribution in [3.8, 4) is 0 Å². The molecule has 2 unspecified atom stereocenters. The summed E-state index contributed by atoms with van der Waals surface area (Å²) in [5, 5.41) is 0. The van der Waals surface area contributed by atoms with Gasteiger partial charge in [-0.3, -0.25) is 14.8 Å². The van der Waals surface area contributed by atoms with Crippen molar-refractivity contribution in [2.24, 2.45) is 0 Å². The molecule has 0 aromatic carbocycles. The lowest BCUT2D eigenvalue weighted by Gasteiger charge is -2.47. The van der Waals surface area contributed by atoms with Crippen LogP contribution in [0.5, 0.6) is 0 Å². The van der Waals surface area contributed by atoms with Crippen LogP contribution in [0.4, 0.5) is 0 Å². The van der Waals surface area contributed by atoms with Crippen LogP contribution in [0, 0.1) is 0 Å². The van der Waals surface area contributed by atoms with Gasteiger partial charge >= 0.3 is 0 Å². The first kappa shape index (κ1) is 13.5. The van der Waals surface area contributed by atoms with E-state index in [4.69, 9.17) is 0 Å². The van der Waals surface area contributed by atoms with Gasteiger partial charge in [0.25, 0.3) is 0 Å². The lowest BCUT2D eigenvalue weighted by atomic mass is 9.97. The van der Waals surface area contributed by atoms with Crippen LogP contribution in [-0.2, 0) is 6.54 Å². The minimum Gasteiger partial charge on any atom is -0.298 e. The van der Waals surface area contributed by atoms with Crippen LogP contribution in [0.15, 0.2) is 22.9 Å². The van der Waals surface area contributed by atoms with Crippen LogP contribution < -0.4 is 0 Å². The molecule has 0 radical (unpaired) electrons. The van der Waals surface area contributed by atoms with Gasteiger partial charge in [0.1, 0.15) is 0 Å². The summed E-state index contributed by atoms with van der Waals surface area (Å²) in [7, 11) is 0. The fourth-order valence-electron chi connectivity index (χ4n) is 3.41. The van der Waals surface area contributed by atoms with Crippen molar-refractivity contribution in [2.45, 2.75) is 44.8 Å². The molecular weight excluding hydrogens is 302 g/mol. The smallest absolute Gasteiger partial charge is 0.0410 e. The zero-order valence-electron chi connectivity index (χ0n) is 11.6. The van der Waals surface area contributed by atoms with E-state index in [0.717, 1.165) is 17.1 Å². The van der Waals surface area contributed by atoms with Gasteiger partial charge in [0.15, 0.2) is 0 Å². The van der Waals surface area contributed by atoms with E-state index in [1.165, 1.54) is 44.5 Å². The summed E-state index contributed by atoms with van der Waals surface area (Å²) in [6.07, 6.45) is 8.01. The summed E-state index contributed by atoms with van der Waals surface area (Å²) in [4.78, 5) is 9.59. The highest BCUT2D eigenvalue weighted by Crippen LogP contribution is 2.25. The van der Waals surface area contributed by atoms with E-state index in [2.05, 4.69) is 43.7 Å². The molecule has 2 aliphatic rings. The van der Waals surface area contributed by atoms with Crippen LogP contribution in [0.25, 0.3) is 0 Å². The molecule has 0 aliphatic carbocycles. The van der Waals surface area contributed by atoms with Gasteiger partial charge in [-0.2, -0.15) is 0 Å². The Labute approximate surface area is 124 Å². The molecule has 2 saturated heterocycles. The fourth-order valence-corrected chi connectivity index (χ4v) is 3.82. The Bertz CT molecular complexity index is 437. The molecule has 104 valence electrons. The summed E-state index contributed by atoms with van der Waals surface area (Å²) in [6, 6.07) is 3.62. The van der Waals surface area contributed by atoms with Gasteiger partial charge in [-0.25, -0.2) is 0 Å². The Morgan fingerprint density at radius 1 is 1.32 bits per heavy atom. The van der Waals surface area contributed by atoms with E-state index < -0.39 is 0 Å². The monoisotopic (exact) mass is 323 g/mol. The molecule has 0 amide bonds. The van der Waals surface area contributed by atoms with Gasteiger partial charge in [-0.15, -0.1) is 0 Å². The number of piperidine rings is 1. The highest BCUT2D eigenvalue weighted by atomic mass is 79.9. The Morgan fingerprint density at radius 2 is 2.21 bits per heavy atom. The minimum absolute atomic E-state index is 0.647. The summed E-state index contributed by atoms with van der Waals surface area (Å²) in [5.74, 6) is 0. The van der Waals surface area contributed by atoms with Gasteiger partial charge in [0.2, 0.25) is 0 Å². The van der Waals surface area contributed by atoms with E-state index in [0.29, 0.717) is 6.04 Å². The Hall–Kier alpha value is -0.450. The van der Waals surface area contributed by atoms with Gasteiger partial charge in [-0.05, 0) is 53.9 Å². The first-order valence-electron chi connectivity index (χ1n) is 7.30. The van der Waals surface area contributed by atoms with Crippen LogP contribution in [0.1, 0.15) is 31.7 Å². The quantitative estimate of drug-likeness (QED) is 0.834. The van der Waals surface area contributed by atoms with Crippen molar-refractivity contribution < 1.29 is 0 Å². The number of rotatable bonds is 2. The molecule has 2 atom stereocenters. The summed E-state index contributed by atoms with van der Waals surface area (Å²) < 4.78 is 1.08. The molecule has 1 aromatic heterocycles. The molecule has 0 saturated carbocycles. The molecule has 2 fully saturated rings. The van der Waals surface area contributed by atoms with Gasteiger partial charge in [0, 0.05) is 48.6 Å². The normalized spacial score (nSPS) is 29.2. The molecule has 3 heterocycles. The molecule has 0 bridgehead atoms. The first-order chi connectivity index (χ1) is 9.22. The average molecular weight is 324 g/mol. The molecule has 0 spiro atoms. The maximum absolute atomic E-state index is 4.27. The van der Waals surface area contributed by atoms with E-state index in [1.807, 2.05) is 12.4 Å². The van der Waals surface area contributed by atoms with E-state index in [1.54, 1.807) is 0 Å². The number of aromatic nitrogens is 1. The van der Waals surface area contributed by atoms with Crippen molar-refractivity contribution in [2.75, 3.05) is 19.6 Å². The third kappa shape index (κ3) is 3.18. The fraction of sp³-hybridized carbons (Fsp3) is 0.667. The van der Waals surface area contributed by atoms with Crippen molar-refractivity contribution in [3.05, 3.63) is 28.5 Å². The second-order valence-electron chi connectivity index (χ2n) is 5.93. The summed E-state index contributed by atoms with van der Waals surface area (Å²) in [5.41, 5.74) is 1.31. The molecular formula is C15H22BrN3. The predicted molar refractivity (Wildman–Crippen MR) is 81.0 cm³/mol. The van der Waals surface area contributed by atoms with E-state index in [-0.39, 0.29) is 0 Å². The van der Waals surface area contributed by atoms with Gasteiger partial charge < -0.3 is 0 Å². The Morgan fingerprint density at radius 3 is 3.05 bits per heavy atom. The largest absolute Gasteiger partial charge is 0.298 e.